The van der Waals surface area contributed by atoms with Crippen LogP contribution >= 0.6 is 0 Å². The molecule has 0 aliphatic carbocycles. The number of likely N-dealkylation sites (N-methyl/N-ethyl adjacent to an activating group) is 1. The van der Waals surface area contributed by atoms with Crippen LogP contribution in [0.4, 0.5) is 5.69 Å². The average Bonchev–Trinajstić information content (AvgIpc) is 2.74. The Morgan fingerprint density at radius 2 is 1.59 bits per heavy atom. The second-order valence-electron chi connectivity index (χ2n) is 8.22. The van der Waals surface area contributed by atoms with Gasteiger partial charge in [-0.15, -0.1) is 0 Å². The van der Waals surface area contributed by atoms with E-state index in [-0.39, 0.29) is 18.4 Å². The molecule has 0 aromatic heterocycles. The number of sulfonamides is 1. The molecule has 0 saturated carbocycles. The molecule has 0 saturated heterocycles. The highest BCUT2D eigenvalue weighted by Gasteiger charge is 2.30. The number of carbonyl (C=O) groups excluding carboxylic acids is 2. The van der Waals surface area contributed by atoms with Crippen LogP contribution in [0.25, 0.3) is 0 Å². The van der Waals surface area contributed by atoms with Gasteiger partial charge in [0, 0.05) is 13.6 Å². The Hall–Kier alpha value is -2.87. The fraction of sp³-hybridized carbons (Fsp3) is 0.417. The molecule has 2 aromatic carbocycles. The van der Waals surface area contributed by atoms with E-state index in [9.17, 15) is 18.0 Å². The number of carbonyl (C=O) groups is 2. The molecule has 1 atom stereocenters. The molecule has 32 heavy (non-hydrogen) atoms. The Morgan fingerprint density at radius 3 is 2.16 bits per heavy atom. The second kappa shape index (κ2) is 10.6. The lowest BCUT2D eigenvalue weighted by Gasteiger charge is -2.32. The van der Waals surface area contributed by atoms with E-state index in [1.54, 1.807) is 19.1 Å². The van der Waals surface area contributed by atoms with Crippen molar-refractivity contribution in [2.24, 2.45) is 0 Å². The number of para-hydroxylation sites is 1. The maximum absolute atomic E-state index is 13.5. The zero-order valence-corrected chi connectivity index (χ0v) is 20.4. The highest BCUT2D eigenvalue weighted by Crippen LogP contribution is 2.29. The Labute approximate surface area is 191 Å². The normalized spacial score (nSPS) is 12.3. The summed E-state index contributed by atoms with van der Waals surface area (Å²) in [6.45, 7) is 7.32. The molecule has 0 unspecified atom stereocenters. The molecule has 0 heterocycles. The summed E-state index contributed by atoms with van der Waals surface area (Å²) in [5.74, 6) is -0.702. The van der Waals surface area contributed by atoms with Crippen molar-refractivity contribution in [2.45, 2.75) is 46.2 Å². The molecule has 174 valence electrons. The Balaban J connectivity index is 2.47. The molecule has 0 aliphatic heterocycles. The van der Waals surface area contributed by atoms with Crippen LogP contribution in [0, 0.1) is 6.92 Å². The number of rotatable bonds is 9. The van der Waals surface area contributed by atoms with Gasteiger partial charge in [0.05, 0.1) is 11.9 Å². The molecule has 2 amide bonds. The number of hydrogen-bond donors (Lipinski definition) is 1. The Bertz CT molecular complexity index is 1070. The third-order valence-corrected chi connectivity index (χ3v) is 6.65. The van der Waals surface area contributed by atoms with Crippen LogP contribution in [0.5, 0.6) is 0 Å². The summed E-state index contributed by atoms with van der Waals surface area (Å²) < 4.78 is 26.6. The molecular weight excluding hydrogens is 426 g/mol. The summed E-state index contributed by atoms with van der Waals surface area (Å²) in [5, 5.41) is 2.58. The van der Waals surface area contributed by atoms with Gasteiger partial charge in [-0.05, 0) is 42.5 Å². The summed E-state index contributed by atoms with van der Waals surface area (Å²) in [5.41, 5.74) is 3.18. The van der Waals surface area contributed by atoms with Crippen LogP contribution in [0.3, 0.4) is 0 Å². The van der Waals surface area contributed by atoms with E-state index in [1.165, 1.54) is 11.9 Å². The molecule has 1 N–H and O–H groups in total. The number of nitrogens with one attached hydrogen (secondary N) is 1. The van der Waals surface area contributed by atoms with Crippen molar-refractivity contribution < 1.29 is 18.0 Å². The van der Waals surface area contributed by atoms with Gasteiger partial charge in [-0.2, -0.15) is 0 Å². The minimum Gasteiger partial charge on any atom is -0.357 e. The molecule has 8 heteroatoms. The van der Waals surface area contributed by atoms with Crippen LogP contribution in [0.2, 0.25) is 0 Å². The molecule has 0 bridgehead atoms. The van der Waals surface area contributed by atoms with E-state index >= 15 is 0 Å². The molecule has 0 fully saturated rings. The largest absolute Gasteiger partial charge is 0.357 e. The van der Waals surface area contributed by atoms with Crippen molar-refractivity contribution in [1.29, 1.82) is 0 Å². The molecule has 2 aromatic rings. The average molecular weight is 460 g/mol. The number of amides is 2. The first-order valence-corrected chi connectivity index (χ1v) is 12.4. The maximum atomic E-state index is 13.5. The first-order valence-electron chi connectivity index (χ1n) is 10.6. The van der Waals surface area contributed by atoms with Gasteiger partial charge in [0.25, 0.3) is 0 Å². The quantitative estimate of drug-likeness (QED) is 0.624. The highest BCUT2D eigenvalue weighted by atomic mass is 32.2. The summed E-state index contributed by atoms with van der Waals surface area (Å²) in [6, 6.07) is 14.0. The van der Waals surface area contributed by atoms with Gasteiger partial charge in [0.2, 0.25) is 21.8 Å². The van der Waals surface area contributed by atoms with Gasteiger partial charge < -0.3 is 10.2 Å². The number of aryl methyl sites for hydroxylation is 1. The van der Waals surface area contributed by atoms with Gasteiger partial charge in [-0.3, -0.25) is 13.9 Å². The first-order chi connectivity index (χ1) is 15.0. The van der Waals surface area contributed by atoms with Crippen molar-refractivity contribution in [2.75, 3.05) is 24.2 Å². The first kappa shape index (κ1) is 25.4. The maximum Gasteiger partial charge on any atom is 0.244 e. The Kier molecular flexibility index (Phi) is 8.44. The zero-order valence-electron chi connectivity index (χ0n) is 19.6. The molecule has 0 radical (unpaired) electrons. The van der Waals surface area contributed by atoms with Crippen LogP contribution < -0.4 is 9.62 Å². The van der Waals surface area contributed by atoms with Crippen LogP contribution in [-0.4, -0.2) is 51.0 Å². The Morgan fingerprint density at radius 1 is 1.00 bits per heavy atom. The van der Waals surface area contributed by atoms with Gasteiger partial charge in [0.15, 0.2) is 0 Å². The fourth-order valence-corrected chi connectivity index (χ4v) is 4.43. The number of anilines is 1. The van der Waals surface area contributed by atoms with Gasteiger partial charge in [0.1, 0.15) is 12.6 Å². The van der Waals surface area contributed by atoms with E-state index in [1.807, 2.05) is 57.2 Å². The minimum absolute atomic E-state index is 0.0680. The molecular formula is C24H33N3O4S. The van der Waals surface area contributed by atoms with Gasteiger partial charge >= 0.3 is 0 Å². The summed E-state index contributed by atoms with van der Waals surface area (Å²) in [4.78, 5) is 27.3. The highest BCUT2D eigenvalue weighted by molar-refractivity contribution is 7.92. The van der Waals surface area contributed by atoms with E-state index in [0.29, 0.717) is 5.69 Å². The summed E-state index contributed by atoms with van der Waals surface area (Å²) >= 11 is 0. The topological polar surface area (TPSA) is 86.8 Å². The summed E-state index contributed by atoms with van der Waals surface area (Å²) in [7, 11) is -2.24. The lowest BCUT2D eigenvalue weighted by molar-refractivity contribution is -0.139. The second-order valence-corrected chi connectivity index (χ2v) is 10.1. The number of hydrogen-bond acceptors (Lipinski definition) is 4. The van der Waals surface area contributed by atoms with Crippen molar-refractivity contribution >= 4 is 27.5 Å². The predicted molar refractivity (Wildman–Crippen MR) is 128 cm³/mol. The molecule has 0 aliphatic rings. The van der Waals surface area contributed by atoms with Crippen LogP contribution in [-0.2, 0) is 26.2 Å². The third kappa shape index (κ3) is 6.09. The standard InChI is InChI=1S/C24H33N3O4S/c1-17(2)21-13-9-10-14-22(21)27(32(6,30)31)16-23(28)26(19(4)24(29)25-5)15-20-12-8-7-11-18(20)3/h7-14,17,19H,15-16H2,1-6H3,(H,25,29)/t19-/m1/s1. The third-order valence-electron chi connectivity index (χ3n) is 5.52. The van der Waals surface area contributed by atoms with Gasteiger partial charge in [-0.1, -0.05) is 56.3 Å². The van der Waals surface area contributed by atoms with E-state index in [0.717, 1.165) is 27.3 Å². The van der Waals surface area contributed by atoms with Crippen molar-refractivity contribution in [3.8, 4) is 0 Å². The summed E-state index contributed by atoms with van der Waals surface area (Å²) in [6.07, 6.45) is 1.09. The van der Waals surface area contributed by atoms with Crippen molar-refractivity contribution in [1.82, 2.24) is 10.2 Å². The van der Waals surface area contributed by atoms with E-state index < -0.39 is 28.5 Å². The lowest BCUT2D eigenvalue weighted by Crippen LogP contribution is -2.50. The SMILES string of the molecule is CNC(=O)[C@@H](C)N(Cc1ccccc1C)C(=O)CN(c1ccccc1C(C)C)S(C)(=O)=O. The van der Waals surface area contributed by atoms with Crippen LogP contribution in [0.15, 0.2) is 48.5 Å². The minimum atomic E-state index is -3.75. The molecule has 2 rings (SSSR count). The number of nitrogens with zero attached hydrogens (tertiary/aromatic N) is 2. The number of benzene rings is 2. The fourth-order valence-electron chi connectivity index (χ4n) is 3.56. The van der Waals surface area contributed by atoms with E-state index in [4.69, 9.17) is 0 Å². The monoisotopic (exact) mass is 459 g/mol. The molecule has 0 spiro atoms. The van der Waals surface area contributed by atoms with E-state index in [2.05, 4.69) is 5.32 Å². The smallest absolute Gasteiger partial charge is 0.244 e. The molecule has 7 nitrogen and oxygen atoms in total. The zero-order chi connectivity index (χ0) is 24.1. The van der Waals surface area contributed by atoms with Crippen LogP contribution in [0.1, 0.15) is 43.4 Å². The van der Waals surface area contributed by atoms with Crippen molar-refractivity contribution in [3.63, 3.8) is 0 Å². The van der Waals surface area contributed by atoms with Crippen molar-refractivity contribution in [3.05, 3.63) is 65.2 Å². The van der Waals surface area contributed by atoms with Gasteiger partial charge in [-0.25, -0.2) is 8.42 Å². The lowest BCUT2D eigenvalue weighted by atomic mass is 10.0. The predicted octanol–water partition coefficient (Wildman–Crippen LogP) is 3.05.